The van der Waals surface area contributed by atoms with Gasteiger partial charge in [-0.05, 0) is 61.6 Å². The van der Waals surface area contributed by atoms with Crippen LogP contribution in [0.4, 0.5) is 0 Å². The van der Waals surface area contributed by atoms with Crippen molar-refractivity contribution in [3.8, 4) is 11.5 Å². The number of carbonyl (C=O) groups excluding carboxylic acids is 3. The number of fused-ring (bicyclic) bond motifs is 1. The molecule has 3 heterocycles. The lowest BCUT2D eigenvalue weighted by molar-refractivity contribution is -0.145. The average molecular weight is 588 g/mol. The van der Waals surface area contributed by atoms with Gasteiger partial charge in [-0.25, -0.2) is 0 Å². The summed E-state index contributed by atoms with van der Waals surface area (Å²) in [5.41, 5.74) is -0.254. The molecule has 2 saturated heterocycles. The van der Waals surface area contributed by atoms with E-state index in [1.54, 1.807) is 19.1 Å². The largest absolute Gasteiger partial charge is 0.497 e. The summed E-state index contributed by atoms with van der Waals surface area (Å²) < 4.78 is 17.2. The van der Waals surface area contributed by atoms with Crippen LogP contribution >= 0.6 is 0 Å². The SMILES string of the molecule is COc1ccc(CCN2C(=O)[C@@H]3[C@H](C(=O)NCc4ccc(OC)cc4)[C@]4(C)C=C[C@@]3(O4)[C@H]2C(=O)NC2CCCCC2)cc1. The molecular formula is C34H41N3O6. The molecule has 3 amide bonds. The van der Waals surface area contributed by atoms with Gasteiger partial charge >= 0.3 is 0 Å². The molecule has 9 nitrogen and oxygen atoms in total. The smallest absolute Gasteiger partial charge is 0.246 e. The molecule has 2 N–H and O–H groups in total. The number of nitrogens with zero attached hydrogens (tertiary/aromatic N) is 1. The Balaban J connectivity index is 1.26. The van der Waals surface area contributed by atoms with Gasteiger partial charge in [-0.15, -0.1) is 0 Å². The van der Waals surface area contributed by atoms with Gasteiger partial charge in [0.2, 0.25) is 17.7 Å². The van der Waals surface area contributed by atoms with Crippen molar-refractivity contribution < 1.29 is 28.6 Å². The highest BCUT2D eigenvalue weighted by molar-refractivity contribution is 6.00. The quantitative estimate of drug-likeness (QED) is 0.412. The first-order chi connectivity index (χ1) is 20.8. The standard InChI is InChI=1S/C34H41N3O6/c1-33-18-19-34(43-33)28(27(33)30(38)35-21-23-11-15-26(42-3)16-12-23)32(40)37(20-17-22-9-13-25(41-2)14-10-22)29(34)31(39)36-24-7-5-4-6-8-24/h9-16,18-19,24,27-29H,4-8,17,20-21H2,1-3H3,(H,35,38)(H,36,39)/t27-,28+,29-,33+,34+/m1/s1. The lowest BCUT2D eigenvalue weighted by atomic mass is 9.70. The maximum atomic E-state index is 14.3. The van der Waals surface area contributed by atoms with Crippen LogP contribution in [-0.4, -0.2) is 66.7 Å². The van der Waals surface area contributed by atoms with Crippen molar-refractivity contribution in [3.63, 3.8) is 0 Å². The number of benzene rings is 2. The minimum Gasteiger partial charge on any atom is -0.497 e. The van der Waals surface area contributed by atoms with E-state index in [2.05, 4.69) is 10.6 Å². The van der Waals surface area contributed by atoms with Crippen LogP contribution in [0, 0.1) is 11.8 Å². The number of methoxy groups -OCH3 is 2. The van der Waals surface area contributed by atoms with Crippen molar-refractivity contribution in [2.45, 2.75) is 75.3 Å². The van der Waals surface area contributed by atoms with Crippen molar-refractivity contribution in [3.05, 3.63) is 71.8 Å². The first kappa shape index (κ1) is 29.2. The van der Waals surface area contributed by atoms with Crippen LogP contribution in [0.15, 0.2) is 60.7 Å². The molecule has 2 bridgehead atoms. The number of ether oxygens (including phenoxy) is 3. The molecule has 43 heavy (non-hydrogen) atoms. The van der Waals surface area contributed by atoms with Crippen molar-refractivity contribution in [2.75, 3.05) is 20.8 Å². The van der Waals surface area contributed by atoms with Gasteiger partial charge < -0.3 is 29.7 Å². The molecular weight excluding hydrogens is 546 g/mol. The predicted octanol–water partition coefficient (Wildman–Crippen LogP) is 3.55. The van der Waals surface area contributed by atoms with E-state index in [9.17, 15) is 14.4 Å². The summed E-state index contributed by atoms with van der Waals surface area (Å²) in [5.74, 6) is -0.742. The van der Waals surface area contributed by atoms with Crippen molar-refractivity contribution >= 4 is 17.7 Å². The highest BCUT2D eigenvalue weighted by atomic mass is 16.5. The maximum absolute atomic E-state index is 14.3. The normalized spacial score (nSPS) is 29.4. The molecule has 0 aromatic heterocycles. The molecule has 3 fully saturated rings. The number of hydrogen-bond donors (Lipinski definition) is 2. The summed E-state index contributed by atoms with van der Waals surface area (Å²) in [7, 11) is 3.23. The van der Waals surface area contributed by atoms with Gasteiger partial charge in [0, 0.05) is 19.1 Å². The van der Waals surface area contributed by atoms with E-state index in [-0.39, 0.29) is 23.8 Å². The van der Waals surface area contributed by atoms with Crippen molar-refractivity contribution in [1.82, 2.24) is 15.5 Å². The summed E-state index contributed by atoms with van der Waals surface area (Å²) in [6.45, 7) is 2.49. The second kappa shape index (κ2) is 11.7. The van der Waals surface area contributed by atoms with E-state index in [0.29, 0.717) is 19.5 Å². The molecule has 1 saturated carbocycles. The third-order valence-corrected chi connectivity index (χ3v) is 9.71. The van der Waals surface area contributed by atoms with E-state index in [1.807, 2.05) is 67.6 Å². The molecule has 5 atom stereocenters. The topological polar surface area (TPSA) is 106 Å². The van der Waals surface area contributed by atoms with Crippen LogP contribution in [0.3, 0.4) is 0 Å². The molecule has 228 valence electrons. The van der Waals surface area contributed by atoms with Crippen molar-refractivity contribution in [1.29, 1.82) is 0 Å². The number of amides is 3. The fraction of sp³-hybridized carbons (Fsp3) is 0.500. The lowest BCUT2D eigenvalue weighted by Crippen LogP contribution is -2.57. The van der Waals surface area contributed by atoms with E-state index < -0.39 is 29.1 Å². The second-order valence-corrected chi connectivity index (χ2v) is 12.4. The number of carbonyl (C=O) groups is 3. The van der Waals surface area contributed by atoms with Gasteiger partial charge in [0.05, 0.1) is 31.7 Å². The summed E-state index contributed by atoms with van der Waals surface area (Å²) in [6.07, 6.45) is 9.50. The lowest BCUT2D eigenvalue weighted by Gasteiger charge is -2.34. The van der Waals surface area contributed by atoms with Gasteiger partial charge in [-0.1, -0.05) is 55.7 Å². The van der Waals surface area contributed by atoms with Crippen LogP contribution in [0.5, 0.6) is 11.5 Å². The zero-order valence-corrected chi connectivity index (χ0v) is 25.1. The van der Waals surface area contributed by atoms with E-state index in [0.717, 1.165) is 48.3 Å². The van der Waals surface area contributed by atoms with Crippen LogP contribution in [-0.2, 0) is 32.1 Å². The zero-order chi connectivity index (χ0) is 30.2. The molecule has 0 unspecified atom stereocenters. The first-order valence-corrected chi connectivity index (χ1v) is 15.3. The Morgan fingerprint density at radius 2 is 1.53 bits per heavy atom. The van der Waals surface area contributed by atoms with Gasteiger partial charge in [0.1, 0.15) is 23.1 Å². The van der Waals surface area contributed by atoms with Gasteiger partial charge in [0.25, 0.3) is 0 Å². The average Bonchev–Trinajstić information content (AvgIpc) is 3.60. The summed E-state index contributed by atoms with van der Waals surface area (Å²) in [5, 5.41) is 6.29. The van der Waals surface area contributed by atoms with E-state index in [4.69, 9.17) is 14.2 Å². The van der Waals surface area contributed by atoms with E-state index >= 15 is 0 Å². The first-order valence-electron chi connectivity index (χ1n) is 15.3. The Morgan fingerprint density at radius 3 is 2.16 bits per heavy atom. The Morgan fingerprint density at radius 1 is 0.907 bits per heavy atom. The number of nitrogens with one attached hydrogen (secondary N) is 2. The van der Waals surface area contributed by atoms with Gasteiger partial charge in [-0.2, -0.15) is 0 Å². The Hall–Kier alpha value is -3.85. The van der Waals surface area contributed by atoms with Gasteiger partial charge in [-0.3, -0.25) is 14.4 Å². The third kappa shape index (κ3) is 5.28. The number of likely N-dealkylation sites (tertiary alicyclic amines) is 1. The summed E-state index contributed by atoms with van der Waals surface area (Å²) in [6, 6.07) is 14.4. The molecule has 2 aromatic carbocycles. The highest BCUT2D eigenvalue weighted by Gasteiger charge is 2.76. The Labute approximate surface area is 252 Å². The fourth-order valence-corrected chi connectivity index (χ4v) is 7.48. The van der Waals surface area contributed by atoms with Gasteiger partial charge in [0.15, 0.2) is 0 Å². The minimum absolute atomic E-state index is 0.0806. The van der Waals surface area contributed by atoms with E-state index in [1.165, 1.54) is 6.42 Å². The number of rotatable bonds is 10. The molecule has 4 aliphatic rings. The highest BCUT2D eigenvalue weighted by Crippen LogP contribution is 2.59. The maximum Gasteiger partial charge on any atom is 0.246 e. The fourth-order valence-electron chi connectivity index (χ4n) is 7.48. The summed E-state index contributed by atoms with van der Waals surface area (Å²) in [4.78, 5) is 43.9. The minimum atomic E-state index is -1.20. The molecule has 3 aliphatic heterocycles. The predicted molar refractivity (Wildman–Crippen MR) is 160 cm³/mol. The Kier molecular flexibility index (Phi) is 7.94. The van der Waals surface area contributed by atoms with Crippen LogP contribution in [0.1, 0.15) is 50.2 Å². The van der Waals surface area contributed by atoms with Crippen LogP contribution in [0.25, 0.3) is 0 Å². The van der Waals surface area contributed by atoms with Crippen LogP contribution < -0.4 is 20.1 Å². The second-order valence-electron chi connectivity index (χ2n) is 12.4. The molecule has 1 aliphatic carbocycles. The zero-order valence-electron chi connectivity index (χ0n) is 25.1. The summed E-state index contributed by atoms with van der Waals surface area (Å²) >= 11 is 0. The Bertz CT molecular complexity index is 1390. The molecule has 6 rings (SSSR count). The molecule has 1 spiro atoms. The van der Waals surface area contributed by atoms with Crippen LogP contribution in [0.2, 0.25) is 0 Å². The van der Waals surface area contributed by atoms with Crippen molar-refractivity contribution in [2.24, 2.45) is 11.8 Å². The third-order valence-electron chi connectivity index (χ3n) is 9.71. The molecule has 2 aromatic rings. The molecule has 9 heteroatoms. The number of hydrogen-bond acceptors (Lipinski definition) is 6. The monoisotopic (exact) mass is 587 g/mol. The molecule has 0 radical (unpaired) electrons.